The van der Waals surface area contributed by atoms with Gasteiger partial charge >= 0.3 is 0 Å². The van der Waals surface area contributed by atoms with Gasteiger partial charge < -0.3 is 10.6 Å². The Bertz CT molecular complexity index is 282. The Morgan fingerprint density at radius 1 is 1.24 bits per heavy atom. The molecule has 0 bridgehead atoms. The minimum Gasteiger partial charge on any atom is -0.352 e. The molecule has 0 saturated heterocycles. The largest absolute Gasteiger partial charge is 0.352 e. The molecule has 0 spiro atoms. The molecule has 2 aliphatic rings. The van der Waals surface area contributed by atoms with Crippen LogP contribution in [0.1, 0.15) is 59.3 Å². The fourth-order valence-corrected chi connectivity index (χ4v) is 2.70. The predicted molar refractivity (Wildman–Crippen MR) is 69.8 cm³/mol. The second-order valence-electron chi connectivity index (χ2n) is 6.48. The zero-order valence-electron chi connectivity index (χ0n) is 11.4. The van der Waals surface area contributed by atoms with E-state index in [2.05, 4.69) is 24.5 Å². The molecule has 0 aromatic heterocycles. The highest BCUT2D eigenvalue weighted by Crippen LogP contribution is 2.44. The fraction of sp³-hybridized carbons (Fsp3) is 0.929. The molecular weight excluding hydrogens is 212 g/mol. The Labute approximate surface area is 105 Å². The highest BCUT2D eigenvalue weighted by atomic mass is 16.2. The van der Waals surface area contributed by atoms with Crippen molar-refractivity contribution < 1.29 is 4.79 Å². The van der Waals surface area contributed by atoms with Crippen molar-refractivity contribution in [3.05, 3.63) is 0 Å². The van der Waals surface area contributed by atoms with Crippen molar-refractivity contribution in [1.29, 1.82) is 0 Å². The van der Waals surface area contributed by atoms with E-state index in [1.165, 1.54) is 25.7 Å². The number of nitrogens with one attached hydrogen (secondary N) is 2. The highest BCUT2D eigenvalue weighted by Gasteiger charge is 2.46. The molecule has 2 fully saturated rings. The minimum atomic E-state index is -0.0521. The van der Waals surface area contributed by atoms with Gasteiger partial charge in [-0.25, -0.2) is 0 Å². The first kappa shape index (κ1) is 12.9. The van der Waals surface area contributed by atoms with Gasteiger partial charge in [0.2, 0.25) is 5.91 Å². The van der Waals surface area contributed by atoms with E-state index in [4.69, 9.17) is 0 Å². The number of hydrogen-bond donors (Lipinski definition) is 2. The van der Waals surface area contributed by atoms with E-state index < -0.39 is 0 Å². The van der Waals surface area contributed by atoms with Crippen molar-refractivity contribution in [2.45, 2.75) is 77.4 Å². The van der Waals surface area contributed by atoms with E-state index in [9.17, 15) is 4.79 Å². The van der Waals surface area contributed by atoms with E-state index in [-0.39, 0.29) is 11.9 Å². The second kappa shape index (κ2) is 4.97. The Hall–Kier alpha value is -0.570. The van der Waals surface area contributed by atoms with E-state index >= 15 is 0 Å². The third-order valence-corrected chi connectivity index (χ3v) is 4.31. The standard InChI is InChI=1S/C14H26N2O/c1-10(15-12-9-14(12,2)3)13(17)16-11-7-5-4-6-8-11/h10-12,15H,4-9H2,1-3H3,(H,16,17). The summed E-state index contributed by atoms with van der Waals surface area (Å²) in [5.41, 5.74) is 0.388. The Balaban J connectivity index is 1.71. The van der Waals surface area contributed by atoms with Crippen LogP contribution in [0.4, 0.5) is 0 Å². The van der Waals surface area contributed by atoms with Gasteiger partial charge in [-0.3, -0.25) is 4.79 Å². The molecular formula is C14H26N2O. The maximum Gasteiger partial charge on any atom is 0.237 e. The Morgan fingerprint density at radius 3 is 2.35 bits per heavy atom. The van der Waals surface area contributed by atoms with Crippen molar-refractivity contribution in [3.8, 4) is 0 Å². The van der Waals surface area contributed by atoms with Gasteiger partial charge in [0, 0.05) is 12.1 Å². The van der Waals surface area contributed by atoms with Crippen LogP contribution in [0.15, 0.2) is 0 Å². The quantitative estimate of drug-likeness (QED) is 0.788. The average molecular weight is 238 g/mol. The highest BCUT2D eigenvalue weighted by molar-refractivity contribution is 5.81. The summed E-state index contributed by atoms with van der Waals surface area (Å²) in [7, 11) is 0. The maximum atomic E-state index is 12.0. The molecule has 2 atom stereocenters. The molecule has 2 N–H and O–H groups in total. The smallest absolute Gasteiger partial charge is 0.237 e. The lowest BCUT2D eigenvalue weighted by Crippen LogP contribution is -2.48. The molecule has 0 heterocycles. The monoisotopic (exact) mass is 238 g/mol. The summed E-state index contributed by atoms with van der Waals surface area (Å²) in [6, 6.07) is 0.894. The van der Waals surface area contributed by atoms with Gasteiger partial charge in [-0.05, 0) is 31.6 Å². The lowest BCUT2D eigenvalue weighted by molar-refractivity contribution is -0.123. The molecule has 2 saturated carbocycles. The summed E-state index contributed by atoms with van der Waals surface area (Å²) >= 11 is 0. The lowest BCUT2D eigenvalue weighted by Gasteiger charge is -2.25. The first-order valence-electron chi connectivity index (χ1n) is 7.05. The van der Waals surface area contributed by atoms with E-state index in [1.807, 2.05) is 6.92 Å². The molecule has 1 amide bonds. The average Bonchev–Trinajstić information content (AvgIpc) is 2.87. The normalized spacial score (nSPS) is 29.7. The van der Waals surface area contributed by atoms with Gasteiger partial charge in [-0.15, -0.1) is 0 Å². The van der Waals surface area contributed by atoms with Crippen LogP contribution >= 0.6 is 0 Å². The van der Waals surface area contributed by atoms with Crippen LogP contribution in [0.2, 0.25) is 0 Å². The van der Waals surface area contributed by atoms with Crippen LogP contribution in [0, 0.1) is 5.41 Å². The molecule has 98 valence electrons. The van der Waals surface area contributed by atoms with Crippen molar-refractivity contribution in [2.24, 2.45) is 5.41 Å². The number of hydrogen-bond acceptors (Lipinski definition) is 2. The van der Waals surface area contributed by atoms with Crippen LogP contribution in [-0.2, 0) is 4.79 Å². The third kappa shape index (κ3) is 3.44. The zero-order chi connectivity index (χ0) is 12.5. The van der Waals surface area contributed by atoms with Gasteiger partial charge in [0.15, 0.2) is 0 Å². The summed E-state index contributed by atoms with van der Waals surface area (Å²) in [5, 5.41) is 6.60. The second-order valence-corrected chi connectivity index (χ2v) is 6.48. The lowest BCUT2D eigenvalue weighted by atomic mass is 9.95. The maximum absolute atomic E-state index is 12.0. The van der Waals surface area contributed by atoms with Gasteiger partial charge in [-0.1, -0.05) is 33.1 Å². The molecule has 2 rings (SSSR count). The third-order valence-electron chi connectivity index (χ3n) is 4.31. The van der Waals surface area contributed by atoms with E-state index in [0.717, 1.165) is 12.8 Å². The first-order chi connectivity index (χ1) is 7.99. The van der Waals surface area contributed by atoms with Crippen LogP contribution in [0.25, 0.3) is 0 Å². The molecule has 0 aliphatic heterocycles. The summed E-state index contributed by atoms with van der Waals surface area (Å²) in [4.78, 5) is 12.0. The Kier molecular flexibility index (Phi) is 3.76. The SMILES string of the molecule is CC(NC1CC1(C)C)C(=O)NC1CCCCC1. The molecule has 3 heteroatoms. The number of carbonyl (C=O) groups is 1. The van der Waals surface area contributed by atoms with E-state index in [1.54, 1.807) is 0 Å². The predicted octanol–water partition coefficient (Wildman–Crippen LogP) is 2.21. The number of rotatable bonds is 4. The van der Waals surface area contributed by atoms with Gasteiger partial charge in [0.25, 0.3) is 0 Å². The van der Waals surface area contributed by atoms with Crippen LogP contribution < -0.4 is 10.6 Å². The van der Waals surface area contributed by atoms with Crippen LogP contribution in [0.5, 0.6) is 0 Å². The molecule has 17 heavy (non-hydrogen) atoms. The molecule has 0 aromatic rings. The van der Waals surface area contributed by atoms with Gasteiger partial charge in [-0.2, -0.15) is 0 Å². The van der Waals surface area contributed by atoms with Crippen molar-refractivity contribution >= 4 is 5.91 Å². The summed E-state index contributed by atoms with van der Waals surface area (Å²) in [6.07, 6.45) is 7.37. The first-order valence-corrected chi connectivity index (χ1v) is 7.05. The van der Waals surface area contributed by atoms with Crippen molar-refractivity contribution in [1.82, 2.24) is 10.6 Å². The Morgan fingerprint density at radius 2 is 1.82 bits per heavy atom. The molecule has 2 unspecified atom stereocenters. The summed E-state index contributed by atoms with van der Waals surface area (Å²) in [5.74, 6) is 0.180. The topological polar surface area (TPSA) is 41.1 Å². The number of carbonyl (C=O) groups excluding carboxylic acids is 1. The zero-order valence-corrected chi connectivity index (χ0v) is 11.4. The molecule has 0 aromatic carbocycles. The van der Waals surface area contributed by atoms with Gasteiger partial charge in [0.05, 0.1) is 6.04 Å². The molecule has 2 aliphatic carbocycles. The van der Waals surface area contributed by atoms with Crippen LogP contribution in [-0.4, -0.2) is 24.0 Å². The molecule has 3 nitrogen and oxygen atoms in total. The minimum absolute atomic E-state index is 0.0521. The summed E-state index contributed by atoms with van der Waals surface area (Å²) < 4.78 is 0. The van der Waals surface area contributed by atoms with Crippen molar-refractivity contribution in [3.63, 3.8) is 0 Å². The summed E-state index contributed by atoms with van der Waals surface area (Å²) in [6.45, 7) is 6.47. The van der Waals surface area contributed by atoms with Gasteiger partial charge in [0.1, 0.15) is 0 Å². The van der Waals surface area contributed by atoms with Crippen LogP contribution in [0.3, 0.4) is 0 Å². The fourth-order valence-electron chi connectivity index (χ4n) is 2.70. The number of amides is 1. The van der Waals surface area contributed by atoms with Crippen molar-refractivity contribution in [2.75, 3.05) is 0 Å². The van der Waals surface area contributed by atoms with E-state index in [0.29, 0.717) is 17.5 Å². The molecule has 0 radical (unpaired) electrons.